The van der Waals surface area contributed by atoms with E-state index in [1.54, 1.807) is 0 Å². The van der Waals surface area contributed by atoms with E-state index in [2.05, 4.69) is 18.0 Å². The van der Waals surface area contributed by atoms with Gasteiger partial charge >= 0.3 is 0 Å². The summed E-state index contributed by atoms with van der Waals surface area (Å²) in [6.07, 6.45) is 5.21. The van der Waals surface area contributed by atoms with Crippen molar-refractivity contribution < 1.29 is 0 Å². The van der Waals surface area contributed by atoms with Crippen LogP contribution in [0.3, 0.4) is 0 Å². The molecule has 3 nitrogen and oxygen atoms in total. The zero-order chi connectivity index (χ0) is 8.97. The monoisotopic (exact) mass is 167 g/mol. The molecule has 1 rings (SSSR count). The Hall–Kier alpha value is -0.590. The molecule has 1 atom stereocenters. The van der Waals surface area contributed by atoms with Crippen LogP contribution in [0.5, 0.6) is 0 Å². The van der Waals surface area contributed by atoms with Crippen molar-refractivity contribution in [1.29, 1.82) is 5.26 Å². The number of likely N-dealkylation sites (N-methyl/N-ethyl adjacent to an activating group) is 1. The Balaban J connectivity index is 2.27. The summed E-state index contributed by atoms with van der Waals surface area (Å²) < 4.78 is 0. The summed E-state index contributed by atoms with van der Waals surface area (Å²) in [5, 5.41) is 8.52. The van der Waals surface area contributed by atoms with Gasteiger partial charge in [0.25, 0.3) is 0 Å². The van der Waals surface area contributed by atoms with E-state index in [-0.39, 0.29) is 6.04 Å². The predicted octanol–water partition coefficient (Wildman–Crippen LogP) is 0.712. The second-order valence-electron chi connectivity index (χ2n) is 3.61. The quantitative estimate of drug-likeness (QED) is 0.673. The molecule has 0 aromatic carbocycles. The van der Waals surface area contributed by atoms with Crippen molar-refractivity contribution in [2.75, 3.05) is 13.6 Å². The number of nitriles is 1. The first-order chi connectivity index (χ1) is 5.74. The second kappa shape index (κ2) is 4.44. The standard InChI is InChI=1S/C9H17N3/c1-12(7-8(11)6-10)9-4-2-3-5-9/h8-9H,2-5,7,11H2,1H3. The molecule has 1 unspecified atom stereocenters. The van der Waals surface area contributed by atoms with Gasteiger partial charge in [0, 0.05) is 12.6 Å². The Morgan fingerprint density at radius 3 is 2.67 bits per heavy atom. The molecule has 1 fully saturated rings. The number of hydrogen-bond acceptors (Lipinski definition) is 3. The molecule has 1 aliphatic carbocycles. The van der Waals surface area contributed by atoms with Crippen LogP contribution in [0.25, 0.3) is 0 Å². The highest BCUT2D eigenvalue weighted by Gasteiger charge is 2.20. The fourth-order valence-corrected chi connectivity index (χ4v) is 1.85. The zero-order valence-electron chi connectivity index (χ0n) is 7.66. The fourth-order valence-electron chi connectivity index (χ4n) is 1.85. The molecule has 0 aromatic rings. The molecule has 0 radical (unpaired) electrons. The smallest absolute Gasteiger partial charge is 0.106 e. The molecule has 3 heteroatoms. The molecule has 1 aliphatic rings. The van der Waals surface area contributed by atoms with E-state index in [1.165, 1.54) is 25.7 Å². The van der Waals surface area contributed by atoms with E-state index in [1.807, 2.05) is 0 Å². The highest BCUT2D eigenvalue weighted by atomic mass is 15.1. The average Bonchev–Trinajstić information content (AvgIpc) is 2.56. The first-order valence-electron chi connectivity index (χ1n) is 4.59. The number of rotatable bonds is 3. The van der Waals surface area contributed by atoms with Gasteiger partial charge in [-0.25, -0.2) is 0 Å². The van der Waals surface area contributed by atoms with Crippen LogP contribution < -0.4 is 5.73 Å². The lowest BCUT2D eigenvalue weighted by molar-refractivity contribution is 0.242. The summed E-state index contributed by atoms with van der Waals surface area (Å²) in [6.45, 7) is 0.709. The van der Waals surface area contributed by atoms with E-state index >= 15 is 0 Å². The maximum absolute atomic E-state index is 8.52. The van der Waals surface area contributed by atoms with Crippen molar-refractivity contribution in [1.82, 2.24) is 4.90 Å². The van der Waals surface area contributed by atoms with Crippen LogP contribution in [0.4, 0.5) is 0 Å². The van der Waals surface area contributed by atoms with Gasteiger partial charge in [0.15, 0.2) is 0 Å². The van der Waals surface area contributed by atoms with Crippen LogP contribution >= 0.6 is 0 Å². The number of nitrogens with two attached hydrogens (primary N) is 1. The molecule has 0 spiro atoms. The molecule has 0 aliphatic heterocycles. The third-order valence-corrected chi connectivity index (χ3v) is 2.60. The van der Waals surface area contributed by atoms with Gasteiger partial charge < -0.3 is 10.6 Å². The summed E-state index contributed by atoms with van der Waals surface area (Å²) in [5.41, 5.74) is 5.54. The Bertz CT molecular complexity index is 167. The summed E-state index contributed by atoms with van der Waals surface area (Å²) in [5.74, 6) is 0. The van der Waals surface area contributed by atoms with Crippen molar-refractivity contribution in [3.05, 3.63) is 0 Å². The van der Waals surface area contributed by atoms with Gasteiger partial charge in [-0.1, -0.05) is 12.8 Å². The summed E-state index contributed by atoms with van der Waals surface area (Å²) >= 11 is 0. The third kappa shape index (κ3) is 2.47. The first-order valence-corrected chi connectivity index (χ1v) is 4.59. The number of nitrogens with zero attached hydrogens (tertiary/aromatic N) is 2. The van der Waals surface area contributed by atoms with E-state index < -0.39 is 0 Å². The molecule has 0 amide bonds. The van der Waals surface area contributed by atoms with Crippen LogP contribution in [0, 0.1) is 11.3 Å². The molecular weight excluding hydrogens is 150 g/mol. The minimum Gasteiger partial charge on any atom is -0.315 e. The highest BCUT2D eigenvalue weighted by Crippen LogP contribution is 2.22. The fraction of sp³-hybridized carbons (Fsp3) is 0.889. The minimum absolute atomic E-state index is 0.324. The Labute approximate surface area is 74.1 Å². The lowest BCUT2D eigenvalue weighted by Crippen LogP contribution is -2.39. The largest absolute Gasteiger partial charge is 0.315 e. The van der Waals surface area contributed by atoms with Gasteiger partial charge in [-0.05, 0) is 19.9 Å². The molecule has 0 heterocycles. The van der Waals surface area contributed by atoms with E-state index in [4.69, 9.17) is 11.0 Å². The maximum atomic E-state index is 8.52. The molecular formula is C9H17N3. The van der Waals surface area contributed by atoms with E-state index in [0.717, 1.165) is 0 Å². The van der Waals surface area contributed by atoms with Crippen LogP contribution in [0.2, 0.25) is 0 Å². The predicted molar refractivity (Wildman–Crippen MR) is 48.5 cm³/mol. The lowest BCUT2D eigenvalue weighted by atomic mass is 10.2. The summed E-state index contributed by atoms with van der Waals surface area (Å²) in [7, 11) is 2.06. The van der Waals surface area contributed by atoms with Crippen LogP contribution in [0.1, 0.15) is 25.7 Å². The molecule has 1 saturated carbocycles. The average molecular weight is 167 g/mol. The summed E-state index contributed by atoms with van der Waals surface area (Å²) in [6, 6.07) is 2.40. The van der Waals surface area contributed by atoms with Crippen LogP contribution in [-0.4, -0.2) is 30.6 Å². The zero-order valence-corrected chi connectivity index (χ0v) is 7.66. The van der Waals surface area contributed by atoms with E-state index in [9.17, 15) is 0 Å². The normalized spacial score (nSPS) is 21.2. The van der Waals surface area contributed by atoms with Gasteiger partial charge in [0.05, 0.1) is 6.07 Å². The van der Waals surface area contributed by atoms with Gasteiger partial charge in [-0.2, -0.15) is 5.26 Å². The minimum atomic E-state index is -0.324. The SMILES string of the molecule is CN(CC(N)C#N)C1CCCC1. The third-order valence-electron chi connectivity index (χ3n) is 2.60. The van der Waals surface area contributed by atoms with Crippen molar-refractivity contribution >= 4 is 0 Å². The molecule has 12 heavy (non-hydrogen) atoms. The highest BCUT2D eigenvalue weighted by molar-refractivity contribution is 4.90. The second-order valence-corrected chi connectivity index (χ2v) is 3.61. The van der Waals surface area contributed by atoms with Gasteiger partial charge in [0.1, 0.15) is 6.04 Å². The van der Waals surface area contributed by atoms with Gasteiger partial charge in [-0.3, -0.25) is 0 Å². The Kier molecular flexibility index (Phi) is 3.51. The van der Waals surface area contributed by atoms with E-state index in [0.29, 0.717) is 12.6 Å². The van der Waals surface area contributed by atoms with Gasteiger partial charge in [0.2, 0.25) is 0 Å². The van der Waals surface area contributed by atoms with Crippen molar-refractivity contribution in [3.63, 3.8) is 0 Å². The number of hydrogen-bond donors (Lipinski definition) is 1. The van der Waals surface area contributed by atoms with Crippen LogP contribution in [-0.2, 0) is 0 Å². The lowest BCUT2D eigenvalue weighted by Gasteiger charge is -2.24. The van der Waals surface area contributed by atoms with Crippen molar-refractivity contribution in [2.45, 2.75) is 37.8 Å². The van der Waals surface area contributed by atoms with Crippen molar-refractivity contribution in [2.24, 2.45) is 5.73 Å². The molecule has 2 N–H and O–H groups in total. The Morgan fingerprint density at radius 1 is 1.58 bits per heavy atom. The van der Waals surface area contributed by atoms with Gasteiger partial charge in [-0.15, -0.1) is 0 Å². The van der Waals surface area contributed by atoms with Crippen LogP contribution in [0.15, 0.2) is 0 Å². The first kappa shape index (κ1) is 9.50. The topological polar surface area (TPSA) is 53.0 Å². The Morgan fingerprint density at radius 2 is 2.17 bits per heavy atom. The maximum Gasteiger partial charge on any atom is 0.106 e. The molecule has 0 aromatic heterocycles. The molecule has 0 saturated heterocycles. The molecule has 0 bridgehead atoms. The molecule has 68 valence electrons. The summed E-state index contributed by atoms with van der Waals surface area (Å²) in [4.78, 5) is 2.22. The van der Waals surface area contributed by atoms with Crippen molar-refractivity contribution in [3.8, 4) is 6.07 Å².